The van der Waals surface area contributed by atoms with E-state index in [1.54, 1.807) is 73.7 Å². The van der Waals surface area contributed by atoms with Gasteiger partial charge in [0.25, 0.3) is 0 Å². The fourth-order valence-corrected chi connectivity index (χ4v) is 5.03. The van der Waals surface area contributed by atoms with Crippen LogP contribution in [0.25, 0.3) is 0 Å². The highest BCUT2D eigenvalue weighted by Gasteiger charge is 2.34. The smallest absolute Gasteiger partial charge is 0.425 e. The Morgan fingerprint density at radius 2 is 1.39 bits per heavy atom. The molecule has 3 N–H and O–H groups in total. The molecule has 0 bridgehead atoms. The normalized spacial score (nSPS) is 12.5. The molecule has 2 unspecified atom stereocenters. The van der Waals surface area contributed by atoms with Gasteiger partial charge < -0.3 is 25.1 Å². The van der Waals surface area contributed by atoms with Gasteiger partial charge in [0.2, 0.25) is 0 Å². The first-order chi connectivity index (χ1) is 22.6. The molecule has 15 heteroatoms. The summed E-state index contributed by atoms with van der Waals surface area (Å²) in [6.07, 6.45) is 2.03. The summed E-state index contributed by atoms with van der Waals surface area (Å²) in [6.45, 7) is 17.2. The van der Waals surface area contributed by atoms with E-state index in [0.717, 1.165) is 33.4 Å². The van der Waals surface area contributed by atoms with Crippen LogP contribution in [0, 0.1) is 25.7 Å². The van der Waals surface area contributed by atoms with Crippen molar-refractivity contribution in [1.29, 1.82) is 0 Å². The summed E-state index contributed by atoms with van der Waals surface area (Å²) in [5.41, 5.74) is 7.12. The summed E-state index contributed by atoms with van der Waals surface area (Å²) in [5, 5.41) is 8.79. The van der Waals surface area contributed by atoms with Gasteiger partial charge in [0, 0.05) is 30.8 Å². The molecule has 2 heterocycles. The Balaban J connectivity index is 0.000000663. The summed E-state index contributed by atoms with van der Waals surface area (Å²) in [5.74, 6) is -1.17. The van der Waals surface area contributed by atoms with E-state index < -0.39 is 47.2 Å². The number of carboxylic acids is 1. The molecule has 2 aromatic rings. The molecular formula is C34H50N4O9S2. The molecule has 2 amide bonds. The number of nitrogens with two attached hydrogens (primary N) is 1. The Morgan fingerprint density at radius 1 is 0.898 bits per heavy atom. The van der Waals surface area contributed by atoms with Crippen LogP contribution < -0.4 is 10.6 Å². The molecule has 0 radical (unpaired) electrons. The molecule has 0 aromatic carbocycles. The molecule has 0 saturated heterocycles. The Morgan fingerprint density at radius 3 is 1.80 bits per heavy atom. The number of hydrogen-bond acceptors (Lipinski definition) is 13. The predicted molar refractivity (Wildman–Crippen MR) is 193 cm³/mol. The van der Waals surface area contributed by atoms with Gasteiger partial charge in [0.05, 0.1) is 18.4 Å². The average molecular weight is 723 g/mol. The van der Waals surface area contributed by atoms with Gasteiger partial charge in [-0.2, -0.15) is 17.5 Å². The Labute approximate surface area is 298 Å². The van der Waals surface area contributed by atoms with E-state index in [2.05, 4.69) is 22.6 Å². The summed E-state index contributed by atoms with van der Waals surface area (Å²) >= 11 is 5.07. The van der Waals surface area contributed by atoms with Crippen molar-refractivity contribution in [3.63, 3.8) is 0 Å². The number of aliphatic carboxylic acids is 1. The molecule has 272 valence electrons. The quantitative estimate of drug-likeness (QED) is 0.135. The second-order valence-corrected chi connectivity index (χ2v) is 14.7. The first-order valence-corrected chi connectivity index (χ1v) is 17.3. The first-order valence-electron chi connectivity index (χ1n) is 15.6. The summed E-state index contributed by atoms with van der Waals surface area (Å²) < 4.78 is 15.9. The first kappa shape index (κ1) is 43.2. The number of thiol groups is 1. The van der Waals surface area contributed by atoms with Crippen LogP contribution in [0.2, 0.25) is 0 Å². The van der Waals surface area contributed by atoms with Crippen LogP contribution in [-0.2, 0) is 41.4 Å². The minimum atomic E-state index is -0.913. The van der Waals surface area contributed by atoms with Crippen LogP contribution >= 0.6 is 24.4 Å². The van der Waals surface area contributed by atoms with E-state index in [-0.39, 0.29) is 29.7 Å². The van der Waals surface area contributed by atoms with Gasteiger partial charge in [-0.05, 0) is 110 Å². The zero-order valence-corrected chi connectivity index (χ0v) is 31.7. The van der Waals surface area contributed by atoms with Gasteiger partial charge in [0.15, 0.2) is 5.12 Å². The number of thioether (sulfide) groups is 1. The number of esters is 1. The maximum absolute atomic E-state index is 12.8. The minimum Gasteiger partial charge on any atom is -0.481 e. The van der Waals surface area contributed by atoms with Crippen LogP contribution in [0.5, 0.6) is 0 Å². The van der Waals surface area contributed by atoms with Gasteiger partial charge in [-0.15, -0.1) is 0 Å². The molecule has 0 saturated carbocycles. The monoisotopic (exact) mass is 722 g/mol. The van der Waals surface area contributed by atoms with Gasteiger partial charge in [-0.25, -0.2) is 19.6 Å². The Kier molecular flexibility index (Phi) is 17.1. The highest BCUT2D eigenvalue weighted by Crippen LogP contribution is 2.25. The molecule has 2 aromatic heterocycles. The third-order valence-corrected chi connectivity index (χ3v) is 7.85. The van der Waals surface area contributed by atoms with Crippen LogP contribution in [0.3, 0.4) is 0 Å². The van der Waals surface area contributed by atoms with E-state index in [1.165, 1.54) is 13.1 Å². The summed E-state index contributed by atoms with van der Waals surface area (Å²) in [4.78, 5) is 69.3. The maximum Gasteiger partial charge on any atom is 0.425 e. The number of nitrogens with zero attached hydrogens (tertiary/aromatic N) is 3. The number of carbonyl (C=O) groups excluding carboxylic acids is 4. The van der Waals surface area contributed by atoms with E-state index in [1.807, 2.05) is 6.92 Å². The van der Waals surface area contributed by atoms with Crippen molar-refractivity contribution in [1.82, 2.24) is 9.97 Å². The molecule has 2 rings (SSSR count). The topological polar surface area (TPSA) is 188 Å². The SMILES string of the molecule is CCOC(=O)C(CSC(C)=O)Cc1cnc(N(C(=O)OC(C)(C)C)C(=O)OC(C)(C)C)cc1C.Cc1cc(N)ncc1CC(CS)C(=O)O. The summed E-state index contributed by atoms with van der Waals surface area (Å²) in [7, 11) is 0. The van der Waals surface area contributed by atoms with E-state index >= 15 is 0 Å². The highest BCUT2D eigenvalue weighted by molar-refractivity contribution is 8.13. The average Bonchev–Trinajstić information content (AvgIpc) is 2.94. The van der Waals surface area contributed by atoms with Crippen molar-refractivity contribution in [2.24, 2.45) is 11.8 Å². The van der Waals surface area contributed by atoms with E-state index in [0.29, 0.717) is 23.6 Å². The van der Waals surface area contributed by atoms with Crippen LogP contribution in [-0.4, -0.2) is 73.6 Å². The lowest BCUT2D eigenvalue weighted by Crippen LogP contribution is -2.44. The number of hydrogen-bond donors (Lipinski definition) is 3. The van der Waals surface area contributed by atoms with Crippen molar-refractivity contribution < 1.29 is 43.3 Å². The van der Waals surface area contributed by atoms with Crippen molar-refractivity contribution in [3.05, 3.63) is 46.8 Å². The van der Waals surface area contributed by atoms with Crippen LogP contribution in [0.1, 0.15) is 77.6 Å². The van der Waals surface area contributed by atoms with Crippen LogP contribution in [0.15, 0.2) is 24.5 Å². The number of rotatable bonds is 11. The number of anilines is 2. The lowest BCUT2D eigenvalue weighted by molar-refractivity contribution is -0.147. The third kappa shape index (κ3) is 15.9. The van der Waals surface area contributed by atoms with Gasteiger partial charge in [-0.3, -0.25) is 14.4 Å². The minimum absolute atomic E-state index is 0.0375. The van der Waals surface area contributed by atoms with Crippen molar-refractivity contribution in [2.45, 2.75) is 93.3 Å². The predicted octanol–water partition coefficient (Wildman–Crippen LogP) is 6.21. The van der Waals surface area contributed by atoms with Crippen molar-refractivity contribution >= 4 is 65.3 Å². The fourth-order valence-electron chi connectivity index (χ4n) is 4.05. The number of aryl methyl sites for hydroxylation is 2. The number of carbonyl (C=O) groups is 5. The van der Waals surface area contributed by atoms with E-state index in [9.17, 15) is 24.0 Å². The number of pyridine rings is 2. The fraction of sp³-hybridized carbons (Fsp3) is 0.559. The zero-order valence-electron chi connectivity index (χ0n) is 30.0. The number of nitrogen functional groups attached to an aromatic ring is 1. The number of carboxylic acid groups (broad SMARTS) is 1. The lowest BCUT2D eigenvalue weighted by Gasteiger charge is -2.28. The standard InChI is InChI=1S/C24H36N2O7S.C10H14N2O2S/c1-10-31-20(28)18(14-34-16(3)27)12-17-13-25-19(11-15(17)2)26(21(29)32-23(4,5)6)22(30)33-24(7,8)9;1-6-2-9(11)12-4-7(6)3-8(5-15)10(13)14/h11,13,18H,10,12,14H2,1-9H3;2,4,8,15H,3,5H2,1H3,(H2,11,12)(H,13,14). The summed E-state index contributed by atoms with van der Waals surface area (Å²) in [6, 6.07) is 3.30. The largest absolute Gasteiger partial charge is 0.481 e. The molecule has 0 spiro atoms. The molecule has 0 fully saturated rings. The molecule has 13 nitrogen and oxygen atoms in total. The molecule has 0 aliphatic rings. The highest BCUT2D eigenvalue weighted by atomic mass is 32.2. The van der Waals surface area contributed by atoms with Gasteiger partial charge in [-0.1, -0.05) is 11.8 Å². The molecule has 2 atom stereocenters. The van der Waals surface area contributed by atoms with Crippen LogP contribution in [0.4, 0.5) is 21.2 Å². The van der Waals surface area contributed by atoms with Crippen molar-refractivity contribution in [2.75, 3.05) is 28.7 Å². The number of imide groups is 1. The van der Waals surface area contributed by atoms with Gasteiger partial charge >= 0.3 is 24.1 Å². The van der Waals surface area contributed by atoms with Gasteiger partial charge in [0.1, 0.15) is 22.8 Å². The molecule has 49 heavy (non-hydrogen) atoms. The Hall–Kier alpha value is -3.85. The van der Waals surface area contributed by atoms with Crippen molar-refractivity contribution in [3.8, 4) is 0 Å². The molecular weight excluding hydrogens is 673 g/mol. The third-order valence-electron chi connectivity index (χ3n) is 6.44. The second-order valence-electron chi connectivity index (χ2n) is 13.2. The molecule has 0 aliphatic carbocycles. The second kappa shape index (κ2) is 19.4. The zero-order chi connectivity index (χ0) is 37.7. The maximum atomic E-state index is 12.8. The lowest BCUT2D eigenvalue weighted by atomic mass is 9.99. The molecule has 0 aliphatic heterocycles. The van der Waals surface area contributed by atoms with E-state index in [4.69, 9.17) is 25.1 Å². The number of amides is 2. The number of ether oxygens (including phenoxy) is 3. The number of aromatic nitrogens is 2. The Bertz CT molecular complexity index is 1440.